The molecule has 0 aromatic carbocycles. The van der Waals surface area contributed by atoms with E-state index in [0.717, 1.165) is 18.8 Å². The largest absolute Gasteiger partial charge is 0.479 e. The summed E-state index contributed by atoms with van der Waals surface area (Å²) in [6.07, 6.45) is 3.94. The first-order valence-corrected chi connectivity index (χ1v) is 14.6. The summed E-state index contributed by atoms with van der Waals surface area (Å²) < 4.78 is 68.2. The second-order valence-corrected chi connectivity index (χ2v) is 11.8. The lowest BCUT2D eigenvalue weighted by molar-refractivity contribution is 0.00147. The van der Waals surface area contributed by atoms with E-state index in [0.29, 0.717) is 25.4 Å². The van der Waals surface area contributed by atoms with Crippen LogP contribution >= 0.6 is 0 Å². The summed E-state index contributed by atoms with van der Waals surface area (Å²) in [5, 5.41) is 7.50. The van der Waals surface area contributed by atoms with Crippen molar-refractivity contribution in [3.05, 3.63) is 30.4 Å². The molecule has 3 aromatic rings. The fourth-order valence-electron chi connectivity index (χ4n) is 4.97. The molecule has 0 aliphatic carbocycles. The van der Waals surface area contributed by atoms with Crippen molar-refractivity contribution in [3.8, 4) is 17.4 Å². The maximum absolute atomic E-state index is 13.9. The van der Waals surface area contributed by atoms with Crippen LogP contribution in [0.4, 0.5) is 16.3 Å². The topological polar surface area (TPSA) is 169 Å². The zero-order valence-electron chi connectivity index (χ0n) is 23.1. The predicted octanol–water partition coefficient (Wildman–Crippen LogP) is 1.67. The minimum atomic E-state index is -4.12. The molecule has 1 unspecified atom stereocenters. The standard InChI is InChI=1S/C24H32FN9O6S/c1-14(2)40-16-8-17(12-33(11-16)23-26-9-15(25)10-27-23)41(35,36)32-24-31-30-20(18-6-5-7-39-18)34(24)19-21(37-3)28-13-29-22(19)38-4/h9-10,13-14,16-18H,5-8,11-12H2,1-4H3,(H,31,32)/t16-,17+,18?/m1/s1. The third-order valence-electron chi connectivity index (χ3n) is 6.67. The summed E-state index contributed by atoms with van der Waals surface area (Å²) in [4.78, 5) is 18.1. The van der Waals surface area contributed by atoms with E-state index >= 15 is 0 Å². The molecule has 2 aliphatic heterocycles. The van der Waals surface area contributed by atoms with Crippen LogP contribution in [0.5, 0.6) is 11.8 Å². The van der Waals surface area contributed by atoms with Crippen molar-refractivity contribution < 1.29 is 31.8 Å². The average molecular weight is 594 g/mol. The monoisotopic (exact) mass is 593 g/mol. The Morgan fingerprint density at radius 2 is 1.78 bits per heavy atom. The fraction of sp³-hybridized carbons (Fsp3) is 0.583. The summed E-state index contributed by atoms with van der Waals surface area (Å²) in [7, 11) is -1.27. The normalized spacial score (nSPS) is 21.3. The van der Waals surface area contributed by atoms with Gasteiger partial charge < -0.3 is 23.8 Å². The fourth-order valence-corrected chi connectivity index (χ4v) is 6.37. The molecule has 0 bridgehead atoms. The smallest absolute Gasteiger partial charge is 0.245 e. The molecule has 5 heterocycles. The van der Waals surface area contributed by atoms with E-state index in [2.05, 4.69) is 34.9 Å². The van der Waals surface area contributed by atoms with Gasteiger partial charge in [0.25, 0.3) is 0 Å². The molecule has 2 saturated heterocycles. The summed E-state index contributed by atoms with van der Waals surface area (Å²) in [6.45, 7) is 4.64. The van der Waals surface area contributed by atoms with E-state index in [4.69, 9.17) is 18.9 Å². The van der Waals surface area contributed by atoms with Crippen LogP contribution in [-0.4, -0.2) is 94.5 Å². The molecule has 222 valence electrons. The van der Waals surface area contributed by atoms with Gasteiger partial charge in [-0.15, -0.1) is 10.2 Å². The van der Waals surface area contributed by atoms with E-state index < -0.39 is 33.3 Å². The Bertz CT molecular complexity index is 1430. The summed E-state index contributed by atoms with van der Waals surface area (Å²) in [5.41, 5.74) is 0.219. The van der Waals surface area contributed by atoms with Gasteiger partial charge in [-0.3, -0.25) is 9.29 Å². The molecule has 1 N–H and O–H groups in total. The minimum Gasteiger partial charge on any atom is -0.479 e. The maximum Gasteiger partial charge on any atom is 0.245 e. The molecular formula is C24H32FN9O6S. The Morgan fingerprint density at radius 3 is 2.39 bits per heavy atom. The molecule has 15 nitrogen and oxygen atoms in total. The highest BCUT2D eigenvalue weighted by atomic mass is 32.2. The van der Waals surface area contributed by atoms with E-state index in [1.165, 1.54) is 25.1 Å². The first-order chi connectivity index (χ1) is 19.7. The lowest BCUT2D eigenvalue weighted by atomic mass is 10.1. The van der Waals surface area contributed by atoms with Crippen LogP contribution in [0, 0.1) is 5.82 Å². The van der Waals surface area contributed by atoms with Gasteiger partial charge in [0, 0.05) is 19.7 Å². The Balaban J connectivity index is 1.52. The van der Waals surface area contributed by atoms with Crippen molar-refractivity contribution in [1.29, 1.82) is 0 Å². The van der Waals surface area contributed by atoms with Gasteiger partial charge in [-0.2, -0.15) is 9.97 Å². The molecule has 2 fully saturated rings. The molecule has 5 rings (SSSR count). The molecule has 0 radical (unpaired) electrons. The predicted molar refractivity (Wildman–Crippen MR) is 143 cm³/mol. The lowest BCUT2D eigenvalue weighted by Crippen LogP contribution is -2.51. The van der Waals surface area contributed by atoms with Crippen LogP contribution in [0.1, 0.15) is 45.0 Å². The van der Waals surface area contributed by atoms with Crippen molar-refractivity contribution >= 4 is 21.9 Å². The van der Waals surface area contributed by atoms with E-state index in [1.54, 1.807) is 4.90 Å². The number of anilines is 2. The van der Waals surface area contributed by atoms with Crippen LogP contribution in [0.2, 0.25) is 0 Å². The molecular weight excluding hydrogens is 561 g/mol. The van der Waals surface area contributed by atoms with E-state index in [9.17, 15) is 12.8 Å². The first-order valence-electron chi connectivity index (χ1n) is 13.1. The Morgan fingerprint density at radius 1 is 1.07 bits per heavy atom. The maximum atomic E-state index is 13.9. The van der Waals surface area contributed by atoms with Gasteiger partial charge in [0.15, 0.2) is 17.3 Å². The number of sulfonamides is 1. The number of halogens is 1. The third kappa shape index (κ3) is 6.15. The van der Waals surface area contributed by atoms with E-state index in [-0.39, 0.29) is 48.4 Å². The first kappa shape index (κ1) is 28.8. The molecule has 0 saturated carbocycles. The molecule has 3 atom stereocenters. The quantitative estimate of drug-likeness (QED) is 0.361. The number of methoxy groups -OCH3 is 2. The van der Waals surface area contributed by atoms with Crippen molar-refractivity contribution in [2.75, 3.05) is 43.5 Å². The van der Waals surface area contributed by atoms with Crippen molar-refractivity contribution in [1.82, 2.24) is 34.7 Å². The lowest BCUT2D eigenvalue weighted by Gasteiger charge is -2.37. The highest BCUT2D eigenvalue weighted by molar-refractivity contribution is 7.93. The van der Waals surface area contributed by atoms with Crippen LogP contribution in [0.3, 0.4) is 0 Å². The number of hydrogen-bond donors (Lipinski definition) is 1. The molecule has 41 heavy (non-hydrogen) atoms. The number of nitrogens with zero attached hydrogens (tertiary/aromatic N) is 8. The van der Waals surface area contributed by atoms with Crippen LogP contribution < -0.4 is 19.1 Å². The van der Waals surface area contributed by atoms with Gasteiger partial charge >= 0.3 is 0 Å². The van der Waals surface area contributed by atoms with Crippen LogP contribution in [0.25, 0.3) is 5.69 Å². The van der Waals surface area contributed by atoms with Crippen LogP contribution in [0.15, 0.2) is 18.7 Å². The molecule has 0 amide bonds. The number of piperidine rings is 1. The van der Waals surface area contributed by atoms with Crippen molar-refractivity contribution in [3.63, 3.8) is 0 Å². The second kappa shape index (κ2) is 12.0. The second-order valence-electron chi connectivity index (χ2n) is 9.88. The third-order valence-corrected chi connectivity index (χ3v) is 8.36. The van der Waals surface area contributed by atoms with Gasteiger partial charge in [-0.1, -0.05) is 0 Å². The molecule has 2 aliphatic rings. The Kier molecular flexibility index (Phi) is 8.46. The van der Waals surface area contributed by atoms with Gasteiger partial charge in [-0.05, 0) is 33.1 Å². The molecule has 17 heteroatoms. The zero-order chi connectivity index (χ0) is 29.1. The number of aromatic nitrogens is 7. The number of rotatable bonds is 10. The Labute approximate surface area is 236 Å². The minimum absolute atomic E-state index is 0.0345. The van der Waals surface area contributed by atoms with Crippen LogP contribution in [-0.2, 0) is 19.5 Å². The zero-order valence-corrected chi connectivity index (χ0v) is 23.9. The van der Waals surface area contributed by atoms with Gasteiger partial charge in [0.1, 0.15) is 17.7 Å². The summed E-state index contributed by atoms with van der Waals surface area (Å²) in [5.74, 6) is 0.0844. The van der Waals surface area contributed by atoms with Crippen molar-refractivity contribution in [2.45, 2.75) is 56.7 Å². The van der Waals surface area contributed by atoms with Gasteiger partial charge in [0.05, 0.1) is 38.8 Å². The summed E-state index contributed by atoms with van der Waals surface area (Å²) >= 11 is 0. The van der Waals surface area contributed by atoms with Gasteiger partial charge in [0.2, 0.25) is 33.7 Å². The summed E-state index contributed by atoms with van der Waals surface area (Å²) in [6, 6.07) is 0. The van der Waals surface area contributed by atoms with E-state index in [1.807, 2.05) is 13.8 Å². The Hall–Kier alpha value is -3.70. The highest BCUT2D eigenvalue weighted by Crippen LogP contribution is 2.37. The van der Waals surface area contributed by atoms with Gasteiger partial charge in [-0.25, -0.2) is 22.8 Å². The number of hydrogen-bond acceptors (Lipinski definition) is 13. The SMILES string of the molecule is COc1ncnc(OC)c1-n1c(NS(=O)(=O)[C@H]2C[C@@H](OC(C)C)CN(c3ncc(F)cn3)C2)nnc1C1CCCO1. The number of nitrogens with one attached hydrogen (secondary N) is 1. The molecule has 3 aromatic heterocycles. The van der Waals surface area contributed by atoms with Crippen molar-refractivity contribution in [2.24, 2.45) is 0 Å². The highest BCUT2D eigenvalue weighted by Gasteiger charge is 2.39. The average Bonchev–Trinajstić information content (AvgIpc) is 3.62. The number of ether oxygens (including phenoxy) is 4. The molecule has 0 spiro atoms.